The topological polar surface area (TPSA) is 68.4 Å². The van der Waals surface area contributed by atoms with Crippen molar-refractivity contribution in [3.05, 3.63) is 65.7 Å². The van der Waals surface area contributed by atoms with Crippen LogP contribution in [0.25, 0.3) is 0 Å². The van der Waals surface area contributed by atoms with Gasteiger partial charge in [0.1, 0.15) is 6.07 Å². The molecule has 2 rings (SSSR count). The van der Waals surface area contributed by atoms with Crippen molar-refractivity contribution in [2.75, 3.05) is 0 Å². The standard InChI is InChI=1S/C14H11N3O/c15-10-12-8-4-5-9-13(12)16-14(17-18)11-6-2-1-3-7-11/h1-9,18H,(H,16,17). The Kier molecular flexibility index (Phi) is 3.69. The Morgan fingerprint density at radius 2 is 1.72 bits per heavy atom. The lowest BCUT2D eigenvalue weighted by atomic mass is 10.2. The molecule has 0 amide bonds. The summed E-state index contributed by atoms with van der Waals surface area (Å²) < 4.78 is 0. The van der Waals surface area contributed by atoms with Gasteiger partial charge in [-0.25, -0.2) is 4.99 Å². The van der Waals surface area contributed by atoms with Crippen LogP contribution in [0, 0.1) is 11.3 Å². The van der Waals surface area contributed by atoms with Gasteiger partial charge in [-0.3, -0.25) is 10.7 Å². The van der Waals surface area contributed by atoms with Gasteiger partial charge >= 0.3 is 0 Å². The van der Waals surface area contributed by atoms with Crippen molar-refractivity contribution in [2.24, 2.45) is 4.99 Å². The van der Waals surface area contributed by atoms with Gasteiger partial charge in [-0.2, -0.15) is 5.26 Å². The van der Waals surface area contributed by atoms with Crippen LogP contribution in [0.1, 0.15) is 11.1 Å². The molecule has 4 nitrogen and oxygen atoms in total. The quantitative estimate of drug-likeness (QED) is 0.479. The highest BCUT2D eigenvalue weighted by Gasteiger charge is 2.04. The molecule has 0 aliphatic carbocycles. The van der Waals surface area contributed by atoms with E-state index in [-0.39, 0.29) is 0 Å². The van der Waals surface area contributed by atoms with E-state index in [9.17, 15) is 0 Å². The van der Waals surface area contributed by atoms with E-state index in [1.54, 1.807) is 24.3 Å². The van der Waals surface area contributed by atoms with E-state index in [0.29, 0.717) is 17.1 Å². The van der Waals surface area contributed by atoms with E-state index in [4.69, 9.17) is 10.5 Å². The summed E-state index contributed by atoms with van der Waals surface area (Å²) in [5, 5.41) is 18.1. The fraction of sp³-hybridized carbons (Fsp3) is 0. The molecular weight excluding hydrogens is 226 g/mol. The Balaban J connectivity index is 2.45. The molecule has 88 valence electrons. The van der Waals surface area contributed by atoms with Gasteiger partial charge in [-0.15, -0.1) is 0 Å². The second-order valence-corrected chi connectivity index (χ2v) is 3.57. The molecule has 2 N–H and O–H groups in total. The van der Waals surface area contributed by atoms with Crippen LogP contribution in [0.2, 0.25) is 0 Å². The molecule has 0 spiro atoms. The maximum absolute atomic E-state index is 9.14. The summed E-state index contributed by atoms with van der Waals surface area (Å²) in [6.45, 7) is 0. The smallest absolute Gasteiger partial charge is 0.157 e. The second kappa shape index (κ2) is 5.62. The molecule has 0 aromatic heterocycles. The van der Waals surface area contributed by atoms with E-state index in [1.165, 1.54) is 0 Å². The average Bonchev–Trinajstić information content (AvgIpc) is 2.46. The summed E-state index contributed by atoms with van der Waals surface area (Å²) in [4.78, 5) is 4.25. The van der Waals surface area contributed by atoms with Crippen molar-refractivity contribution >= 4 is 11.5 Å². The maximum Gasteiger partial charge on any atom is 0.157 e. The number of hydroxylamine groups is 1. The maximum atomic E-state index is 9.14. The lowest BCUT2D eigenvalue weighted by molar-refractivity contribution is 0.235. The van der Waals surface area contributed by atoms with E-state index in [1.807, 2.05) is 30.3 Å². The summed E-state index contributed by atoms with van der Waals surface area (Å²) >= 11 is 0. The number of aliphatic imine (C=N–C) groups is 1. The van der Waals surface area contributed by atoms with Gasteiger partial charge in [0, 0.05) is 5.56 Å². The van der Waals surface area contributed by atoms with E-state index < -0.39 is 0 Å². The van der Waals surface area contributed by atoms with Crippen molar-refractivity contribution in [1.29, 1.82) is 5.26 Å². The first-order chi connectivity index (χ1) is 8.85. The SMILES string of the molecule is N#Cc1ccccc1N=C(NO)c1ccccc1. The Morgan fingerprint density at radius 3 is 2.39 bits per heavy atom. The Labute approximate surface area is 105 Å². The minimum atomic E-state index is 0.304. The minimum Gasteiger partial charge on any atom is -0.290 e. The zero-order valence-electron chi connectivity index (χ0n) is 9.54. The summed E-state index contributed by atoms with van der Waals surface area (Å²) in [6, 6.07) is 18.2. The predicted octanol–water partition coefficient (Wildman–Crippen LogP) is 2.62. The molecule has 0 saturated heterocycles. The Hall–Kier alpha value is -2.64. The summed E-state index contributed by atoms with van der Waals surface area (Å²) in [5.41, 5.74) is 3.78. The molecule has 0 aliphatic heterocycles. The van der Waals surface area contributed by atoms with Gasteiger partial charge in [0.25, 0.3) is 0 Å². The molecule has 2 aromatic rings. The van der Waals surface area contributed by atoms with Crippen LogP contribution in [0.15, 0.2) is 59.6 Å². The molecule has 0 radical (unpaired) electrons. The highest BCUT2D eigenvalue weighted by atomic mass is 16.5. The van der Waals surface area contributed by atoms with Gasteiger partial charge < -0.3 is 0 Å². The first-order valence-corrected chi connectivity index (χ1v) is 5.38. The van der Waals surface area contributed by atoms with Crippen molar-refractivity contribution in [3.63, 3.8) is 0 Å². The molecular formula is C14H11N3O. The van der Waals surface area contributed by atoms with Gasteiger partial charge in [0.15, 0.2) is 5.84 Å². The van der Waals surface area contributed by atoms with Crippen molar-refractivity contribution in [2.45, 2.75) is 0 Å². The van der Waals surface area contributed by atoms with Crippen molar-refractivity contribution in [3.8, 4) is 6.07 Å². The number of para-hydroxylation sites is 1. The van der Waals surface area contributed by atoms with Crippen LogP contribution >= 0.6 is 0 Å². The highest BCUT2D eigenvalue weighted by molar-refractivity contribution is 5.99. The molecule has 0 saturated carbocycles. The number of rotatable bonds is 2. The van der Waals surface area contributed by atoms with E-state index >= 15 is 0 Å². The first-order valence-electron chi connectivity index (χ1n) is 5.38. The van der Waals surface area contributed by atoms with Crippen molar-refractivity contribution in [1.82, 2.24) is 5.48 Å². The van der Waals surface area contributed by atoms with Gasteiger partial charge in [-0.1, -0.05) is 42.5 Å². The largest absolute Gasteiger partial charge is 0.290 e. The zero-order chi connectivity index (χ0) is 12.8. The average molecular weight is 237 g/mol. The van der Waals surface area contributed by atoms with Crippen LogP contribution in [-0.2, 0) is 0 Å². The number of nitriles is 1. The van der Waals surface area contributed by atoms with Crippen LogP contribution in [0.4, 0.5) is 5.69 Å². The highest BCUT2D eigenvalue weighted by Crippen LogP contribution is 2.18. The van der Waals surface area contributed by atoms with Gasteiger partial charge in [0.05, 0.1) is 11.3 Å². The minimum absolute atomic E-state index is 0.304. The van der Waals surface area contributed by atoms with Gasteiger partial charge in [-0.05, 0) is 12.1 Å². The fourth-order valence-corrected chi connectivity index (χ4v) is 1.54. The Bertz CT molecular complexity index is 600. The number of hydrogen-bond donors (Lipinski definition) is 2. The van der Waals surface area contributed by atoms with E-state index in [0.717, 1.165) is 5.56 Å². The molecule has 0 atom stereocenters. The molecule has 0 aliphatic rings. The summed E-state index contributed by atoms with van der Waals surface area (Å²) in [5.74, 6) is 0.304. The molecule has 0 fully saturated rings. The van der Waals surface area contributed by atoms with Crippen LogP contribution in [0.5, 0.6) is 0 Å². The van der Waals surface area contributed by atoms with E-state index in [2.05, 4.69) is 16.5 Å². The monoisotopic (exact) mass is 237 g/mol. The normalized spacial score (nSPS) is 10.8. The summed E-state index contributed by atoms with van der Waals surface area (Å²) in [6.07, 6.45) is 0. The number of nitrogens with one attached hydrogen (secondary N) is 1. The lowest BCUT2D eigenvalue weighted by Crippen LogP contribution is -2.19. The van der Waals surface area contributed by atoms with Crippen LogP contribution in [-0.4, -0.2) is 11.0 Å². The number of hydrogen-bond acceptors (Lipinski definition) is 3. The van der Waals surface area contributed by atoms with Crippen LogP contribution in [0.3, 0.4) is 0 Å². The molecule has 18 heavy (non-hydrogen) atoms. The molecule has 0 heterocycles. The third-order valence-corrected chi connectivity index (χ3v) is 2.41. The van der Waals surface area contributed by atoms with Crippen LogP contribution < -0.4 is 5.48 Å². The molecule has 4 heteroatoms. The number of amidine groups is 1. The third kappa shape index (κ3) is 2.54. The predicted molar refractivity (Wildman–Crippen MR) is 68.7 cm³/mol. The number of nitrogens with zero attached hydrogens (tertiary/aromatic N) is 2. The third-order valence-electron chi connectivity index (χ3n) is 2.41. The lowest BCUT2D eigenvalue weighted by Gasteiger charge is -2.05. The molecule has 0 bridgehead atoms. The Morgan fingerprint density at radius 1 is 1.06 bits per heavy atom. The van der Waals surface area contributed by atoms with Gasteiger partial charge in [0.2, 0.25) is 0 Å². The zero-order valence-corrected chi connectivity index (χ0v) is 9.54. The number of benzene rings is 2. The fourth-order valence-electron chi connectivity index (χ4n) is 1.54. The van der Waals surface area contributed by atoms with Crippen molar-refractivity contribution < 1.29 is 5.21 Å². The first kappa shape index (κ1) is 11.8. The molecule has 0 unspecified atom stereocenters. The second-order valence-electron chi connectivity index (χ2n) is 3.57. The summed E-state index contributed by atoms with van der Waals surface area (Å²) in [7, 11) is 0. The molecule has 2 aromatic carbocycles.